The van der Waals surface area contributed by atoms with Crippen LogP contribution in [-0.4, -0.2) is 10.1 Å². The molecule has 65 heavy (non-hydrogen) atoms. The molecule has 340 valence electrons. The highest BCUT2D eigenvalue weighted by atomic mass is 16.3. The molecular formula is C63H77NO. The number of pyridine rings is 1. The summed E-state index contributed by atoms with van der Waals surface area (Å²) in [5, 5.41) is 12.8. The summed E-state index contributed by atoms with van der Waals surface area (Å²) in [5.74, 6) is 1.23. The van der Waals surface area contributed by atoms with Gasteiger partial charge in [0.05, 0.1) is 11.4 Å². The molecule has 0 atom stereocenters. The molecule has 8 aliphatic rings. The van der Waals surface area contributed by atoms with Crippen molar-refractivity contribution < 1.29 is 5.11 Å². The van der Waals surface area contributed by atoms with Gasteiger partial charge in [0.2, 0.25) is 0 Å². The first-order valence-corrected chi connectivity index (χ1v) is 25.6. The highest BCUT2D eigenvalue weighted by molar-refractivity contribution is 5.89. The van der Waals surface area contributed by atoms with Crippen molar-refractivity contribution >= 4 is 0 Å². The summed E-state index contributed by atoms with van der Waals surface area (Å²) in [4.78, 5) is 5.69. The molecule has 13 rings (SSSR count). The molecule has 2 heteroatoms. The molecular weight excluding hydrogens is 787 g/mol. The summed E-state index contributed by atoms with van der Waals surface area (Å²) in [6, 6.07) is 32.9. The number of aryl methyl sites for hydroxylation is 2. The third kappa shape index (κ3) is 7.10. The van der Waals surface area contributed by atoms with E-state index in [0.717, 1.165) is 28.1 Å². The zero-order valence-corrected chi connectivity index (χ0v) is 42.1. The molecule has 0 amide bonds. The Labute approximate surface area is 392 Å². The smallest absolute Gasteiger partial charge is 0.127 e. The Morgan fingerprint density at radius 3 is 1.34 bits per heavy atom. The van der Waals surface area contributed by atoms with Crippen molar-refractivity contribution in [2.24, 2.45) is 32.5 Å². The number of nitrogens with zero attached hydrogens (tertiary/aromatic N) is 1. The molecule has 8 fully saturated rings. The van der Waals surface area contributed by atoms with Crippen LogP contribution in [0.3, 0.4) is 0 Å². The minimum atomic E-state index is -0.00882. The van der Waals surface area contributed by atoms with Crippen LogP contribution in [-0.2, 0) is 10.8 Å². The molecule has 4 aromatic carbocycles. The number of hydrogen-bond donors (Lipinski definition) is 1. The van der Waals surface area contributed by atoms with Crippen LogP contribution in [0.5, 0.6) is 5.75 Å². The number of rotatable bonds is 8. The molecule has 8 bridgehead atoms. The normalized spacial score (nSPS) is 35.5. The van der Waals surface area contributed by atoms with Crippen molar-refractivity contribution in [2.75, 3.05) is 0 Å². The summed E-state index contributed by atoms with van der Waals surface area (Å²) in [6.45, 7) is 29.2. The number of phenolic OH excluding ortho intramolecular Hbond substituents is 1. The Bertz CT molecular complexity index is 2670. The number of hydrogen-bond acceptors (Lipinski definition) is 2. The Morgan fingerprint density at radius 2 is 0.862 bits per heavy atom. The van der Waals surface area contributed by atoms with Gasteiger partial charge in [-0.15, -0.1) is 0 Å². The van der Waals surface area contributed by atoms with Crippen LogP contribution in [0.4, 0.5) is 0 Å². The van der Waals surface area contributed by atoms with Crippen LogP contribution in [0, 0.1) is 46.3 Å². The second-order valence-corrected chi connectivity index (χ2v) is 27.2. The van der Waals surface area contributed by atoms with Gasteiger partial charge in [0.25, 0.3) is 0 Å². The van der Waals surface area contributed by atoms with Gasteiger partial charge in [-0.2, -0.15) is 0 Å². The second-order valence-electron chi connectivity index (χ2n) is 27.2. The van der Waals surface area contributed by atoms with Crippen molar-refractivity contribution in [1.82, 2.24) is 4.98 Å². The van der Waals surface area contributed by atoms with E-state index in [9.17, 15) is 5.11 Å². The van der Waals surface area contributed by atoms with E-state index in [4.69, 9.17) is 4.98 Å². The van der Waals surface area contributed by atoms with Crippen molar-refractivity contribution in [1.29, 1.82) is 0 Å². The van der Waals surface area contributed by atoms with Crippen molar-refractivity contribution in [3.05, 3.63) is 118 Å². The first kappa shape index (κ1) is 43.4. The lowest BCUT2D eigenvalue weighted by Gasteiger charge is -2.69. The largest absolute Gasteiger partial charge is 0.507 e. The number of phenols is 1. The Morgan fingerprint density at radius 1 is 0.431 bits per heavy atom. The maximum Gasteiger partial charge on any atom is 0.127 e. The first-order chi connectivity index (χ1) is 30.4. The predicted octanol–water partition coefficient (Wildman–Crippen LogP) is 17.6. The zero-order chi connectivity index (χ0) is 45.9. The average molecular weight is 864 g/mol. The highest BCUT2D eigenvalue weighted by Crippen LogP contribution is 2.76. The maximum atomic E-state index is 12.8. The van der Waals surface area contributed by atoms with E-state index in [1.54, 1.807) is 5.56 Å². The van der Waals surface area contributed by atoms with Gasteiger partial charge in [0, 0.05) is 27.7 Å². The minimum absolute atomic E-state index is 0.00882. The molecule has 0 saturated heterocycles. The fourth-order valence-electron chi connectivity index (χ4n) is 19.3. The maximum absolute atomic E-state index is 12.8. The first-order valence-electron chi connectivity index (χ1n) is 25.6. The molecule has 0 spiro atoms. The lowest BCUT2D eigenvalue weighted by atomic mass is 9.35. The van der Waals surface area contributed by atoms with Crippen molar-refractivity contribution in [3.63, 3.8) is 0 Å². The molecule has 1 heterocycles. The van der Waals surface area contributed by atoms with E-state index in [1.807, 2.05) is 0 Å². The molecule has 2 nitrogen and oxygen atoms in total. The van der Waals surface area contributed by atoms with E-state index < -0.39 is 0 Å². The van der Waals surface area contributed by atoms with Crippen molar-refractivity contribution in [3.8, 4) is 50.5 Å². The van der Waals surface area contributed by atoms with Crippen molar-refractivity contribution in [2.45, 2.75) is 183 Å². The molecule has 5 aromatic rings. The Kier molecular flexibility index (Phi) is 9.32. The fraction of sp³-hybridized carbons (Fsp3) is 0.540. The molecule has 1 aromatic heterocycles. The lowest BCUT2D eigenvalue weighted by Crippen LogP contribution is -2.60. The van der Waals surface area contributed by atoms with Gasteiger partial charge in [0.1, 0.15) is 5.75 Å². The monoisotopic (exact) mass is 864 g/mol. The van der Waals surface area contributed by atoms with Crippen LogP contribution in [0.1, 0.15) is 192 Å². The fourth-order valence-corrected chi connectivity index (χ4v) is 19.3. The van der Waals surface area contributed by atoms with Gasteiger partial charge in [-0.25, -0.2) is 4.98 Å². The highest BCUT2D eigenvalue weighted by Gasteiger charge is 2.66. The minimum Gasteiger partial charge on any atom is -0.507 e. The molecule has 8 saturated carbocycles. The second kappa shape index (κ2) is 14.0. The number of benzene rings is 4. The van der Waals surface area contributed by atoms with Crippen LogP contribution < -0.4 is 0 Å². The molecule has 0 aliphatic heterocycles. The number of aromatic hydroxyl groups is 1. The number of aromatic nitrogens is 1. The van der Waals surface area contributed by atoms with E-state index >= 15 is 0 Å². The summed E-state index contributed by atoms with van der Waals surface area (Å²) in [5.41, 5.74) is 19.2. The van der Waals surface area contributed by atoms with Crippen LogP contribution in [0.15, 0.2) is 84.9 Å². The lowest BCUT2D eigenvalue weighted by molar-refractivity contribution is -0.152. The standard InChI is InChI=1S/C63H77NO/c1-39(2)43-16-18-47(45-20-41(5)21-46(24-45)62-33-56(7)27-57(8,34-62)29-58(9,28-56)35-62)49(25-43)53-14-13-15-54(64-53)50-26-44(40(3)4)17-19-48(50)51-22-42(6)23-52(55(51)65)63-36-59(10)30-60(11,37-63)32-61(12,31-59)38-63/h13-26,39-40,65H,27-38H2,1-12H3. The van der Waals surface area contributed by atoms with Gasteiger partial charge < -0.3 is 5.11 Å². The van der Waals surface area contributed by atoms with E-state index in [-0.39, 0.29) is 10.8 Å². The SMILES string of the molecule is Cc1cc(-c2ccc(C(C)C)cc2-c2cccc(-c3cc(C(C)C)ccc3-c3cc(C)cc(C45CC6(C)CC(C)(CC(C)(C6)C4)C5)c3O)n2)cc(C23CC4(C)CC(C)(CC(C)(C4)C2)C3)c1. The van der Waals surface area contributed by atoms with Gasteiger partial charge in [0.15, 0.2) is 0 Å². The van der Waals surface area contributed by atoms with E-state index in [2.05, 4.69) is 168 Å². The van der Waals surface area contributed by atoms with Gasteiger partial charge in [-0.05, 0) is 210 Å². The summed E-state index contributed by atoms with van der Waals surface area (Å²) in [7, 11) is 0. The Balaban J connectivity index is 1.04. The predicted molar refractivity (Wildman–Crippen MR) is 273 cm³/mol. The molecule has 8 aliphatic carbocycles. The average Bonchev–Trinajstić information content (AvgIpc) is 3.17. The molecule has 0 radical (unpaired) electrons. The Hall–Kier alpha value is -4.17. The molecule has 0 unspecified atom stereocenters. The summed E-state index contributed by atoms with van der Waals surface area (Å²) < 4.78 is 0. The van der Waals surface area contributed by atoms with E-state index in [1.165, 1.54) is 122 Å². The summed E-state index contributed by atoms with van der Waals surface area (Å²) in [6.07, 6.45) is 15.5. The third-order valence-electron chi connectivity index (χ3n) is 18.6. The zero-order valence-electron chi connectivity index (χ0n) is 42.1. The van der Waals surface area contributed by atoms with Crippen LogP contribution in [0.25, 0.3) is 44.8 Å². The topological polar surface area (TPSA) is 33.1 Å². The van der Waals surface area contributed by atoms with Gasteiger partial charge >= 0.3 is 0 Å². The summed E-state index contributed by atoms with van der Waals surface area (Å²) >= 11 is 0. The van der Waals surface area contributed by atoms with Crippen LogP contribution >= 0.6 is 0 Å². The van der Waals surface area contributed by atoms with Gasteiger partial charge in [-0.3, -0.25) is 0 Å². The molecule has 1 N–H and O–H groups in total. The van der Waals surface area contributed by atoms with E-state index in [0.29, 0.717) is 50.1 Å². The quantitative estimate of drug-likeness (QED) is 0.169. The van der Waals surface area contributed by atoms with Crippen LogP contribution in [0.2, 0.25) is 0 Å². The van der Waals surface area contributed by atoms with Gasteiger partial charge in [-0.1, -0.05) is 129 Å². The third-order valence-corrected chi connectivity index (χ3v) is 18.6.